The molecular weight excluding hydrogens is 524 g/mol. The molecule has 3 aromatic carbocycles. The van der Waals surface area contributed by atoms with E-state index in [0.717, 1.165) is 16.9 Å². The zero-order valence-electron chi connectivity index (χ0n) is 22.6. The van der Waals surface area contributed by atoms with Crippen molar-refractivity contribution >= 4 is 23.4 Å². The molecule has 0 radical (unpaired) electrons. The Morgan fingerprint density at radius 3 is 2.40 bits per heavy atom. The van der Waals surface area contributed by atoms with Crippen LogP contribution in [0.5, 0.6) is 11.5 Å². The maximum atomic E-state index is 13.8. The molecule has 0 spiro atoms. The number of aromatic nitrogens is 1. The number of ether oxygens (including phenoxy) is 3. The molecule has 1 aliphatic heterocycles. The summed E-state index contributed by atoms with van der Waals surface area (Å²) in [4.78, 5) is 32.0. The number of esters is 1. The summed E-state index contributed by atoms with van der Waals surface area (Å²) in [6, 6.07) is 24.3. The molecule has 0 saturated carbocycles. The molecule has 0 fully saturated rings. The second-order valence-corrected chi connectivity index (χ2v) is 10.3. The molecule has 2 heterocycles. The molecule has 0 saturated heterocycles. The number of hydrogen-bond acceptors (Lipinski definition) is 7. The van der Waals surface area contributed by atoms with Gasteiger partial charge in [-0.05, 0) is 50.6 Å². The summed E-state index contributed by atoms with van der Waals surface area (Å²) in [5.74, 6) is 0.955. The van der Waals surface area contributed by atoms with Gasteiger partial charge in [-0.3, -0.25) is 9.36 Å². The monoisotopic (exact) mass is 554 g/mol. The normalized spacial score (nSPS) is 14.9. The number of nitrogens with zero attached hydrogens (tertiary/aromatic N) is 2. The van der Waals surface area contributed by atoms with E-state index in [9.17, 15) is 9.59 Å². The molecule has 0 aliphatic carbocycles. The van der Waals surface area contributed by atoms with Crippen molar-refractivity contribution in [3.8, 4) is 11.5 Å². The number of para-hydroxylation sites is 1. The predicted molar refractivity (Wildman–Crippen MR) is 155 cm³/mol. The van der Waals surface area contributed by atoms with Crippen LogP contribution in [-0.2, 0) is 9.53 Å². The molecule has 1 aliphatic rings. The van der Waals surface area contributed by atoms with Gasteiger partial charge in [0.05, 0.1) is 28.5 Å². The first-order chi connectivity index (χ1) is 19.5. The van der Waals surface area contributed by atoms with Gasteiger partial charge in [0.15, 0.2) is 4.80 Å². The van der Waals surface area contributed by atoms with E-state index in [1.165, 1.54) is 16.9 Å². The van der Waals surface area contributed by atoms with Crippen LogP contribution < -0.4 is 24.4 Å². The average Bonchev–Trinajstić information content (AvgIpc) is 3.26. The summed E-state index contributed by atoms with van der Waals surface area (Å²) in [6.45, 7) is 6.52. The number of fused-ring (bicyclic) bond motifs is 1. The second-order valence-electron chi connectivity index (χ2n) is 9.26. The molecule has 40 heavy (non-hydrogen) atoms. The summed E-state index contributed by atoms with van der Waals surface area (Å²) in [7, 11) is 0. The molecule has 8 heteroatoms. The Labute approximate surface area is 236 Å². The van der Waals surface area contributed by atoms with Gasteiger partial charge >= 0.3 is 5.97 Å². The van der Waals surface area contributed by atoms with E-state index in [0.29, 0.717) is 39.6 Å². The van der Waals surface area contributed by atoms with Gasteiger partial charge in [-0.1, -0.05) is 77.6 Å². The lowest BCUT2D eigenvalue weighted by Gasteiger charge is -2.24. The maximum absolute atomic E-state index is 13.8. The third-order valence-corrected chi connectivity index (χ3v) is 7.45. The lowest BCUT2D eigenvalue weighted by Crippen LogP contribution is -2.39. The number of hydrogen-bond donors (Lipinski definition) is 0. The van der Waals surface area contributed by atoms with Crippen molar-refractivity contribution in [1.29, 1.82) is 0 Å². The Balaban J connectivity index is 1.47. The molecule has 204 valence electrons. The molecule has 7 nitrogen and oxygen atoms in total. The van der Waals surface area contributed by atoms with E-state index in [4.69, 9.17) is 14.2 Å². The number of benzene rings is 3. The fraction of sp³-hybridized carbons (Fsp3) is 0.219. The van der Waals surface area contributed by atoms with Gasteiger partial charge in [0, 0.05) is 5.56 Å². The van der Waals surface area contributed by atoms with Crippen LogP contribution in [0.25, 0.3) is 6.08 Å². The SMILES string of the molecule is CCOC(=O)C1=C(C)N=c2s/c(=C\c3ccccc3OCCOc3ccc(C)cc3)c(=O)n2C1c1ccccc1. The van der Waals surface area contributed by atoms with Crippen molar-refractivity contribution in [1.82, 2.24) is 4.57 Å². The lowest BCUT2D eigenvalue weighted by molar-refractivity contribution is -0.139. The Morgan fingerprint density at radius 2 is 1.65 bits per heavy atom. The summed E-state index contributed by atoms with van der Waals surface area (Å²) in [5.41, 5.74) is 3.42. The van der Waals surface area contributed by atoms with Gasteiger partial charge < -0.3 is 14.2 Å². The van der Waals surface area contributed by atoms with Gasteiger partial charge in [0.1, 0.15) is 24.7 Å². The van der Waals surface area contributed by atoms with Crippen LogP contribution in [0, 0.1) is 6.92 Å². The van der Waals surface area contributed by atoms with E-state index < -0.39 is 12.0 Å². The molecule has 0 amide bonds. The molecule has 0 N–H and O–H groups in total. The fourth-order valence-electron chi connectivity index (χ4n) is 4.56. The lowest BCUT2D eigenvalue weighted by atomic mass is 9.96. The number of thiazole rings is 1. The standard InChI is InChI=1S/C32H30N2O5S/c1-4-37-31(36)28-22(3)33-32-34(29(28)23-10-6-5-7-11-23)30(35)27(40-32)20-24-12-8-9-13-26(24)39-19-18-38-25-16-14-21(2)15-17-25/h5-17,20,29H,4,18-19H2,1-3H3/b27-20-. The minimum atomic E-state index is -0.635. The van der Waals surface area contributed by atoms with Crippen LogP contribution in [0.2, 0.25) is 0 Å². The third kappa shape index (κ3) is 5.77. The number of carbonyl (C=O) groups is 1. The van der Waals surface area contributed by atoms with Crippen molar-refractivity contribution in [3.63, 3.8) is 0 Å². The molecule has 5 rings (SSSR count). The summed E-state index contributed by atoms with van der Waals surface area (Å²) < 4.78 is 19.2. The van der Waals surface area contributed by atoms with E-state index >= 15 is 0 Å². The highest BCUT2D eigenvalue weighted by molar-refractivity contribution is 7.07. The van der Waals surface area contributed by atoms with E-state index in [1.807, 2.05) is 91.9 Å². The van der Waals surface area contributed by atoms with Crippen molar-refractivity contribution < 1.29 is 19.0 Å². The van der Waals surface area contributed by atoms with Gasteiger partial charge in [-0.25, -0.2) is 9.79 Å². The molecular formula is C32H30N2O5S. The topological polar surface area (TPSA) is 79.1 Å². The molecule has 1 atom stereocenters. The van der Waals surface area contributed by atoms with Crippen LogP contribution in [0.3, 0.4) is 0 Å². The zero-order chi connectivity index (χ0) is 28.1. The Kier molecular flexibility index (Phi) is 8.26. The quantitative estimate of drug-likeness (QED) is 0.224. The van der Waals surface area contributed by atoms with Crippen molar-refractivity contribution in [2.45, 2.75) is 26.8 Å². The predicted octanol–water partition coefficient (Wildman–Crippen LogP) is 4.56. The fourth-order valence-corrected chi connectivity index (χ4v) is 5.60. The van der Waals surface area contributed by atoms with Crippen molar-refractivity contribution in [2.75, 3.05) is 19.8 Å². The molecule has 1 aromatic heterocycles. The highest BCUT2D eigenvalue weighted by Gasteiger charge is 2.33. The van der Waals surface area contributed by atoms with E-state index in [2.05, 4.69) is 4.99 Å². The maximum Gasteiger partial charge on any atom is 0.338 e. The highest BCUT2D eigenvalue weighted by atomic mass is 32.1. The largest absolute Gasteiger partial charge is 0.490 e. The first-order valence-corrected chi connectivity index (χ1v) is 13.9. The summed E-state index contributed by atoms with van der Waals surface area (Å²) in [6.07, 6.45) is 1.81. The number of aryl methyl sites for hydroxylation is 1. The van der Waals surface area contributed by atoms with Gasteiger partial charge in [-0.15, -0.1) is 0 Å². The number of rotatable bonds is 9. The van der Waals surface area contributed by atoms with Crippen molar-refractivity contribution in [2.24, 2.45) is 4.99 Å². The zero-order valence-corrected chi connectivity index (χ0v) is 23.4. The Morgan fingerprint density at radius 1 is 0.950 bits per heavy atom. The smallest absolute Gasteiger partial charge is 0.338 e. The number of carbonyl (C=O) groups excluding carboxylic acids is 1. The van der Waals surface area contributed by atoms with Crippen LogP contribution >= 0.6 is 11.3 Å². The minimum Gasteiger partial charge on any atom is -0.490 e. The first kappa shape index (κ1) is 27.1. The van der Waals surface area contributed by atoms with Gasteiger partial charge in [0.2, 0.25) is 0 Å². The van der Waals surface area contributed by atoms with Gasteiger partial charge in [0.25, 0.3) is 5.56 Å². The Hall–Kier alpha value is -4.43. The summed E-state index contributed by atoms with van der Waals surface area (Å²) in [5, 5.41) is 0. The van der Waals surface area contributed by atoms with E-state index in [1.54, 1.807) is 18.4 Å². The minimum absolute atomic E-state index is 0.231. The second kappa shape index (κ2) is 12.2. The van der Waals surface area contributed by atoms with Gasteiger partial charge in [-0.2, -0.15) is 0 Å². The number of allylic oxidation sites excluding steroid dienone is 1. The molecule has 0 bridgehead atoms. The van der Waals surface area contributed by atoms with E-state index in [-0.39, 0.29) is 12.2 Å². The Bertz CT molecular complexity index is 1720. The molecule has 1 unspecified atom stereocenters. The van der Waals surface area contributed by atoms with Crippen LogP contribution in [0.15, 0.2) is 99.9 Å². The summed E-state index contributed by atoms with van der Waals surface area (Å²) >= 11 is 1.28. The highest BCUT2D eigenvalue weighted by Crippen LogP contribution is 2.30. The molecule has 4 aromatic rings. The van der Waals surface area contributed by atoms with Crippen LogP contribution in [0.4, 0.5) is 0 Å². The first-order valence-electron chi connectivity index (χ1n) is 13.1. The van der Waals surface area contributed by atoms with Crippen LogP contribution in [-0.4, -0.2) is 30.4 Å². The van der Waals surface area contributed by atoms with Crippen LogP contribution in [0.1, 0.15) is 36.6 Å². The third-order valence-electron chi connectivity index (χ3n) is 6.47. The average molecular weight is 555 g/mol. The van der Waals surface area contributed by atoms with Crippen molar-refractivity contribution in [3.05, 3.63) is 127 Å².